The van der Waals surface area contributed by atoms with E-state index in [0.29, 0.717) is 11.8 Å². The molecule has 0 aliphatic heterocycles. The standard InChI is InChI=1S/C10H14BrClN2/c11-9-8(6-12)13-10(14-9)7-4-2-1-3-5-7/h7H,1-6H2,(H,13,14). The van der Waals surface area contributed by atoms with E-state index in [4.69, 9.17) is 11.6 Å². The molecular formula is C10H14BrClN2. The molecule has 1 aliphatic carbocycles. The summed E-state index contributed by atoms with van der Waals surface area (Å²) in [6.07, 6.45) is 6.57. The number of halogens is 2. The molecule has 0 amide bonds. The van der Waals surface area contributed by atoms with E-state index < -0.39 is 0 Å². The second kappa shape index (κ2) is 4.67. The van der Waals surface area contributed by atoms with Gasteiger partial charge >= 0.3 is 0 Å². The first-order valence-corrected chi connectivity index (χ1v) is 6.44. The van der Waals surface area contributed by atoms with Crippen molar-refractivity contribution in [2.45, 2.75) is 43.9 Å². The Balaban J connectivity index is 2.14. The fraction of sp³-hybridized carbons (Fsp3) is 0.700. The maximum Gasteiger partial charge on any atom is 0.128 e. The predicted octanol–water partition coefficient (Wildman–Crippen LogP) is 3.96. The van der Waals surface area contributed by atoms with Gasteiger partial charge in [0, 0.05) is 5.92 Å². The van der Waals surface area contributed by atoms with Crippen molar-refractivity contribution in [3.05, 3.63) is 16.1 Å². The zero-order valence-corrected chi connectivity index (χ0v) is 10.4. The van der Waals surface area contributed by atoms with Crippen LogP contribution in [-0.4, -0.2) is 9.97 Å². The van der Waals surface area contributed by atoms with E-state index in [-0.39, 0.29) is 0 Å². The lowest BCUT2D eigenvalue weighted by Gasteiger charge is -2.19. The van der Waals surface area contributed by atoms with E-state index >= 15 is 0 Å². The Morgan fingerprint density at radius 3 is 2.64 bits per heavy atom. The minimum atomic E-state index is 0.500. The van der Waals surface area contributed by atoms with E-state index in [2.05, 4.69) is 25.9 Å². The molecule has 0 unspecified atom stereocenters. The highest BCUT2D eigenvalue weighted by Gasteiger charge is 2.19. The van der Waals surface area contributed by atoms with Gasteiger partial charge in [0.25, 0.3) is 0 Å². The van der Waals surface area contributed by atoms with E-state index in [0.717, 1.165) is 16.1 Å². The first-order chi connectivity index (χ1) is 6.81. The minimum absolute atomic E-state index is 0.500. The van der Waals surface area contributed by atoms with Gasteiger partial charge in [-0.15, -0.1) is 11.6 Å². The molecule has 0 bridgehead atoms. The molecule has 4 heteroatoms. The summed E-state index contributed by atoms with van der Waals surface area (Å²) in [5, 5.41) is 0. The number of alkyl halides is 1. The molecule has 1 aromatic rings. The molecular weight excluding hydrogens is 263 g/mol. The second-order valence-electron chi connectivity index (χ2n) is 3.86. The van der Waals surface area contributed by atoms with Crippen molar-refractivity contribution < 1.29 is 0 Å². The molecule has 78 valence electrons. The summed E-state index contributed by atoms with van der Waals surface area (Å²) >= 11 is 9.20. The molecule has 2 nitrogen and oxygen atoms in total. The zero-order chi connectivity index (χ0) is 9.97. The SMILES string of the molecule is ClCc1[nH]c(C2CCCCC2)nc1Br. The normalized spacial score (nSPS) is 18.7. The number of aromatic nitrogens is 2. The number of H-pyrrole nitrogens is 1. The van der Waals surface area contributed by atoms with Crippen molar-refractivity contribution in [2.75, 3.05) is 0 Å². The number of nitrogens with zero attached hydrogens (tertiary/aromatic N) is 1. The third-order valence-corrected chi connectivity index (χ3v) is 3.80. The lowest BCUT2D eigenvalue weighted by atomic mass is 9.89. The van der Waals surface area contributed by atoms with Crippen molar-refractivity contribution in [1.82, 2.24) is 9.97 Å². The van der Waals surface area contributed by atoms with Crippen molar-refractivity contribution in [2.24, 2.45) is 0 Å². The predicted molar refractivity (Wildman–Crippen MR) is 61.7 cm³/mol. The smallest absolute Gasteiger partial charge is 0.128 e. The molecule has 1 N–H and O–H groups in total. The molecule has 1 saturated carbocycles. The Bertz CT molecular complexity index is 305. The van der Waals surface area contributed by atoms with E-state index in [1.54, 1.807) is 0 Å². The number of hydrogen-bond donors (Lipinski definition) is 1. The zero-order valence-electron chi connectivity index (χ0n) is 8.02. The lowest BCUT2D eigenvalue weighted by Crippen LogP contribution is -2.06. The monoisotopic (exact) mass is 276 g/mol. The van der Waals surface area contributed by atoms with Crippen LogP contribution in [0.5, 0.6) is 0 Å². The van der Waals surface area contributed by atoms with Crippen molar-refractivity contribution >= 4 is 27.5 Å². The van der Waals surface area contributed by atoms with Crippen LogP contribution in [0.1, 0.15) is 49.5 Å². The average Bonchev–Trinajstić information content (AvgIpc) is 2.61. The molecule has 1 fully saturated rings. The number of nitrogens with one attached hydrogen (secondary N) is 1. The minimum Gasteiger partial charge on any atom is -0.344 e. The van der Waals surface area contributed by atoms with Gasteiger partial charge in [0.05, 0.1) is 11.6 Å². The molecule has 14 heavy (non-hydrogen) atoms. The molecule has 2 rings (SSSR count). The Morgan fingerprint density at radius 2 is 2.07 bits per heavy atom. The fourth-order valence-electron chi connectivity index (χ4n) is 2.07. The molecule has 0 saturated heterocycles. The molecule has 1 aliphatic rings. The lowest BCUT2D eigenvalue weighted by molar-refractivity contribution is 0.430. The highest BCUT2D eigenvalue weighted by molar-refractivity contribution is 9.10. The van der Waals surface area contributed by atoms with Gasteiger partial charge in [-0.25, -0.2) is 4.98 Å². The Kier molecular flexibility index (Phi) is 3.50. The van der Waals surface area contributed by atoms with Crippen LogP contribution in [0.4, 0.5) is 0 Å². The van der Waals surface area contributed by atoms with Crippen LogP contribution in [0.3, 0.4) is 0 Å². The molecule has 0 atom stereocenters. The number of hydrogen-bond acceptors (Lipinski definition) is 1. The van der Waals surface area contributed by atoms with E-state index in [9.17, 15) is 0 Å². The average molecular weight is 278 g/mol. The highest BCUT2D eigenvalue weighted by atomic mass is 79.9. The Labute approximate surface area is 97.6 Å². The van der Waals surface area contributed by atoms with Gasteiger partial charge in [0.2, 0.25) is 0 Å². The third-order valence-electron chi connectivity index (χ3n) is 2.87. The van der Waals surface area contributed by atoms with Crippen molar-refractivity contribution in [1.29, 1.82) is 0 Å². The highest BCUT2D eigenvalue weighted by Crippen LogP contribution is 2.32. The van der Waals surface area contributed by atoms with Crippen LogP contribution in [0, 0.1) is 0 Å². The van der Waals surface area contributed by atoms with Gasteiger partial charge in [-0.1, -0.05) is 19.3 Å². The maximum atomic E-state index is 5.78. The number of rotatable bonds is 2. The van der Waals surface area contributed by atoms with Crippen LogP contribution in [0.25, 0.3) is 0 Å². The third kappa shape index (κ3) is 2.14. The first kappa shape index (κ1) is 10.5. The van der Waals surface area contributed by atoms with Gasteiger partial charge in [0.1, 0.15) is 10.4 Å². The topological polar surface area (TPSA) is 28.7 Å². The summed E-state index contributed by atoms with van der Waals surface area (Å²) in [6.45, 7) is 0. The van der Waals surface area contributed by atoms with Gasteiger partial charge in [-0.2, -0.15) is 0 Å². The first-order valence-electron chi connectivity index (χ1n) is 5.11. The van der Waals surface area contributed by atoms with E-state index in [1.165, 1.54) is 32.1 Å². The fourth-order valence-corrected chi connectivity index (χ4v) is 2.85. The molecule has 0 spiro atoms. The Morgan fingerprint density at radius 1 is 1.36 bits per heavy atom. The second-order valence-corrected chi connectivity index (χ2v) is 4.88. The van der Waals surface area contributed by atoms with Gasteiger partial charge in [0.15, 0.2) is 0 Å². The van der Waals surface area contributed by atoms with Crippen molar-refractivity contribution in [3.63, 3.8) is 0 Å². The van der Waals surface area contributed by atoms with Crippen LogP contribution < -0.4 is 0 Å². The summed E-state index contributed by atoms with van der Waals surface area (Å²) in [5.41, 5.74) is 1.01. The molecule has 1 heterocycles. The molecule has 0 aromatic carbocycles. The van der Waals surface area contributed by atoms with Crippen LogP contribution >= 0.6 is 27.5 Å². The van der Waals surface area contributed by atoms with Gasteiger partial charge in [-0.3, -0.25) is 0 Å². The molecule has 1 aromatic heterocycles. The largest absolute Gasteiger partial charge is 0.344 e. The van der Waals surface area contributed by atoms with Crippen molar-refractivity contribution in [3.8, 4) is 0 Å². The summed E-state index contributed by atoms with van der Waals surface area (Å²) in [5.74, 6) is 2.24. The van der Waals surface area contributed by atoms with Crippen LogP contribution in [0.15, 0.2) is 4.60 Å². The summed E-state index contributed by atoms with van der Waals surface area (Å²) in [4.78, 5) is 7.79. The van der Waals surface area contributed by atoms with Gasteiger partial charge < -0.3 is 4.98 Å². The number of imidazole rings is 1. The van der Waals surface area contributed by atoms with Gasteiger partial charge in [-0.05, 0) is 28.8 Å². The van der Waals surface area contributed by atoms with E-state index in [1.807, 2.05) is 0 Å². The van der Waals surface area contributed by atoms with Crippen LogP contribution in [-0.2, 0) is 5.88 Å². The maximum absolute atomic E-state index is 5.78. The quantitative estimate of drug-likeness (QED) is 0.815. The Hall–Kier alpha value is -0.0200. The van der Waals surface area contributed by atoms with Crippen LogP contribution in [0.2, 0.25) is 0 Å². The summed E-state index contributed by atoms with van der Waals surface area (Å²) in [7, 11) is 0. The summed E-state index contributed by atoms with van der Waals surface area (Å²) in [6, 6.07) is 0. The molecule has 0 radical (unpaired) electrons. The summed E-state index contributed by atoms with van der Waals surface area (Å²) < 4.78 is 0.882. The number of aromatic amines is 1.